The quantitative estimate of drug-likeness (QED) is 0.460. The number of aromatic hydroxyl groups is 1. The van der Waals surface area contributed by atoms with Gasteiger partial charge < -0.3 is 20.4 Å². The Morgan fingerprint density at radius 1 is 0.875 bits per heavy atom. The molecular formula is C14H10N2Na2O6. The number of hydrogen-bond acceptors (Lipinski definition) is 6. The second kappa shape index (κ2) is 9.77. The van der Waals surface area contributed by atoms with Crippen LogP contribution in [-0.2, 0) is 0 Å². The van der Waals surface area contributed by atoms with Crippen LogP contribution in [0.4, 0.5) is 11.4 Å². The topological polar surface area (TPSA) is 143 Å². The molecule has 0 bridgehead atoms. The van der Waals surface area contributed by atoms with E-state index in [9.17, 15) is 19.8 Å². The predicted octanol–water partition coefficient (Wildman–Crippen LogP) is -1.37. The van der Waals surface area contributed by atoms with Gasteiger partial charge in [0, 0.05) is 0 Å². The predicted molar refractivity (Wildman–Crippen MR) is 79.2 cm³/mol. The van der Waals surface area contributed by atoms with Crippen molar-refractivity contribution in [2.45, 2.75) is 0 Å². The van der Waals surface area contributed by atoms with E-state index in [1.807, 2.05) is 0 Å². The first-order valence-corrected chi connectivity index (χ1v) is 5.91. The van der Waals surface area contributed by atoms with E-state index in [2.05, 4.69) is 10.2 Å². The van der Waals surface area contributed by atoms with Gasteiger partial charge in [0.05, 0.1) is 16.9 Å². The number of nitrogens with zero attached hydrogens (tertiary/aromatic N) is 2. The van der Waals surface area contributed by atoms with Crippen LogP contribution in [0.1, 0.15) is 20.7 Å². The molecule has 0 heterocycles. The summed E-state index contributed by atoms with van der Waals surface area (Å²) in [5.41, 5.74) is -0.494. The van der Waals surface area contributed by atoms with Crippen LogP contribution in [0.2, 0.25) is 0 Å². The average molecular weight is 348 g/mol. The third kappa shape index (κ3) is 5.59. The molecule has 0 spiro atoms. The molecular weight excluding hydrogens is 338 g/mol. The van der Waals surface area contributed by atoms with Crippen molar-refractivity contribution < 1.29 is 59.6 Å². The molecule has 0 atom stereocenters. The molecule has 2 rings (SSSR count). The molecule has 0 aliphatic carbocycles. The molecule has 2 aromatic carbocycles. The third-order valence-electron chi connectivity index (χ3n) is 2.69. The van der Waals surface area contributed by atoms with Crippen molar-refractivity contribution in [2.75, 3.05) is 0 Å². The number of carboxylic acid groups (broad SMARTS) is 2. The number of benzene rings is 2. The molecule has 10 heteroatoms. The maximum absolute atomic E-state index is 11.3. The van der Waals surface area contributed by atoms with Crippen LogP contribution in [-0.4, -0.2) is 56.8 Å². The number of phenols is 1. The fourth-order valence-corrected chi connectivity index (χ4v) is 1.62. The minimum absolute atomic E-state index is 0. The summed E-state index contributed by atoms with van der Waals surface area (Å²) in [6, 6.07) is 7.01. The number of rotatable bonds is 4. The zero-order valence-electron chi connectivity index (χ0n) is 11.9. The van der Waals surface area contributed by atoms with Gasteiger partial charge in [0.15, 0.2) is 0 Å². The zero-order valence-corrected chi connectivity index (χ0v) is 13.9. The Morgan fingerprint density at radius 2 is 1.33 bits per heavy atom. The molecule has 0 saturated carbocycles. The first kappa shape index (κ1) is 22.6. The van der Waals surface area contributed by atoms with Gasteiger partial charge in [-0.1, -0.05) is 11.8 Å². The van der Waals surface area contributed by atoms with Gasteiger partial charge in [-0.15, -0.1) is 0 Å². The molecule has 0 aliphatic rings. The Bertz CT molecular complexity index is 729. The minimum atomic E-state index is -1.38. The first-order valence-electron chi connectivity index (χ1n) is 5.91. The third-order valence-corrected chi connectivity index (χ3v) is 2.69. The second-order valence-corrected chi connectivity index (χ2v) is 4.19. The molecule has 3 N–H and O–H groups in total. The summed E-state index contributed by atoms with van der Waals surface area (Å²) in [7, 11) is 0. The van der Waals surface area contributed by atoms with E-state index in [1.54, 1.807) is 0 Å². The van der Waals surface area contributed by atoms with E-state index < -0.39 is 29.0 Å². The number of carboxylic acids is 2. The molecule has 0 amide bonds. The molecule has 0 fully saturated rings. The molecule has 0 unspecified atom stereocenters. The molecule has 0 aliphatic heterocycles. The van der Waals surface area contributed by atoms with Crippen LogP contribution in [0.15, 0.2) is 46.6 Å². The van der Waals surface area contributed by atoms with Crippen molar-refractivity contribution in [2.24, 2.45) is 10.2 Å². The molecule has 0 radical (unpaired) electrons. The van der Waals surface area contributed by atoms with Crippen LogP contribution < -0.4 is 34.7 Å². The zero-order chi connectivity index (χ0) is 16.3. The molecule has 0 saturated heterocycles. The van der Waals surface area contributed by atoms with Gasteiger partial charge in [0.25, 0.3) is 0 Å². The molecule has 0 aromatic heterocycles. The van der Waals surface area contributed by atoms with Gasteiger partial charge in [-0.3, -0.25) is 0 Å². The standard InChI is InChI=1S/C14H10N2O6.2Na.H/c17-11-3-1-7(5-9(11)13(19)20)15-16-8-2-4-12(18)10(6-8)14(21)22;;;/h1-6,17-18H,(H,19,20)(H,21,22);;;/q;;+1;/p-1/b16-15+;;;. The van der Waals surface area contributed by atoms with E-state index in [1.165, 1.54) is 12.1 Å². The van der Waals surface area contributed by atoms with Crippen molar-refractivity contribution in [1.82, 2.24) is 0 Å². The maximum atomic E-state index is 11.3. The van der Waals surface area contributed by atoms with Crippen molar-refractivity contribution in [3.63, 3.8) is 0 Å². The Kier molecular flexibility index (Phi) is 9.20. The summed E-state index contributed by atoms with van der Waals surface area (Å²) < 4.78 is 0. The van der Waals surface area contributed by atoms with E-state index in [-0.39, 0.29) is 76.1 Å². The second-order valence-electron chi connectivity index (χ2n) is 4.19. The van der Waals surface area contributed by atoms with Crippen LogP contribution >= 0.6 is 0 Å². The van der Waals surface area contributed by atoms with Crippen molar-refractivity contribution in [3.8, 4) is 11.5 Å². The number of aromatic carboxylic acids is 2. The summed E-state index contributed by atoms with van der Waals surface area (Å²) in [5, 5.41) is 45.9. The van der Waals surface area contributed by atoms with Crippen LogP contribution in [0, 0.1) is 0 Å². The van der Waals surface area contributed by atoms with E-state index in [4.69, 9.17) is 10.2 Å². The molecule has 8 nitrogen and oxygen atoms in total. The van der Waals surface area contributed by atoms with Gasteiger partial charge in [0.2, 0.25) is 0 Å². The Balaban J connectivity index is 0.00000264. The monoisotopic (exact) mass is 348 g/mol. The van der Waals surface area contributed by atoms with Gasteiger partial charge in [-0.2, -0.15) is 10.2 Å². The van der Waals surface area contributed by atoms with Gasteiger partial charge in [0.1, 0.15) is 11.3 Å². The van der Waals surface area contributed by atoms with Crippen LogP contribution in [0.25, 0.3) is 0 Å². The van der Waals surface area contributed by atoms with Gasteiger partial charge in [-0.05, 0) is 30.3 Å². The first-order chi connectivity index (χ1) is 10.4. The van der Waals surface area contributed by atoms with E-state index >= 15 is 0 Å². The van der Waals surface area contributed by atoms with Crippen molar-refractivity contribution >= 4 is 52.9 Å². The Hall–Kier alpha value is -1.42. The van der Waals surface area contributed by atoms with Crippen LogP contribution in [0.5, 0.6) is 11.5 Å². The fraction of sp³-hybridized carbons (Fsp3) is 0. The number of azo groups is 1. The average Bonchev–Trinajstić information content (AvgIpc) is 2.47. The van der Waals surface area contributed by atoms with Gasteiger partial charge >= 0.3 is 71.1 Å². The van der Waals surface area contributed by atoms with Gasteiger partial charge in [-0.25, -0.2) is 9.59 Å². The van der Waals surface area contributed by atoms with Crippen LogP contribution in [0.3, 0.4) is 0 Å². The summed E-state index contributed by atoms with van der Waals surface area (Å²) in [4.78, 5) is 21.7. The summed E-state index contributed by atoms with van der Waals surface area (Å²) >= 11 is 0. The van der Waals surface area contributed by atoms with E-state index in [0.29, 0.717) is 0 Å². The van der Waals surface area contributed by atoms with E-state index in [0.717, 1.165) is 24.3 Å². The summed E-state index contributed by atoms with van der Waals surface area (Å²) in [5.74, 6) is -3.75. The molecule has 24 heavy (non-hydrogen) atoms. The summed E-state index contributed by atoms with van der Waals surface area (Å²) in [6.07, 6.45) is 0. The Morgan fingerprint density at radius 3 is 1.83 bits per heavy atom. The molecule has 2 aromatic rings. The fourth-order valence-electron chi connectivity index (χ4n) is 1.62. The van der Waals surface area contributed by atoms with Crippen molar-refractivity contribution in [3.05, 3.63) is 47.5 Å². The summed E-state index contributed by atoms with van der Waals surface area (Å²) in [6.45, 7) is 0. The number of carbonyl (C=O) groups is 2. The Labute approximate surface area is 180 Å². The molecule has 114 valence electrons. The normalized spacial score (nSPS) is 9.83. The number of hydrogen-bond donors (Lipinski definition) is 3. The SMILES string of the molecule is O=C(O)c1cc(/N=N/c2ccc(O)c(C(=O)O)c2)ccc1[O-].[Na+].[NaH]. The van der Waals surface area contributed by atoms with Crippen molar-refractivity contribution in [1.29, 1.82) is 0 Å².